The number of carbonyl (C=O) groups is 1. The molecule has 0 amide bonds. The Morgan fingerprint density at radius 3 is 2.68 bits per heavy atom. The molecule has 19 heavy (non-hydrogen) atoms. The van der Waals surface area contributed by atoms with Crippen LogP contribution in [0.25, 0.3) is 11.3 Å². The molecule has 1 heterocycles. The molecule has 0 saturated carbocycles. The fourth-order valence-electron chi connectivity index (χ4n) is 2.00. The molecule has 2 aromatic rings. The highest BCUT2D eigenvalue weighted by Gasteiger charge is 2.20. The highest BCUT2D eigenvalue weighted by Crippen LogP contribution is 2.26. The Kier molecular flexibility index (Phi) is 3.40. The van der Waals surface area contributed by atoms with Crippen molar-refractivity contribution in [1.29, 1.82) is 0 Å². The van der Waals surface area contributed by atoms with Crippen LogP contribution < -0.4 is 5.73 Å². The Balaban J connectivity index is 2.52. The lowest BCUT2D eigenvalue weighted by atomic mass is 10.0. The third kappa shape index (κ3) is 2.51. The van der Waals surface area contributed by atoms with Gasteiger partial charge in [-0.05, 0) is 32.4 Å². The number of nitrogens with zero attached hydrogens (tertiary/aromatic N) is 1. The lowest BCUT2D eigenvalue weighted by molar-refractivity contribution is -0.138. The number of imidazole rings is 1. The summed E-state index contributed by atoms with van der Waals surface area (Å²) in [6.07, 6.45) is 0. The quantitative estimate of drug-likeness (QED) is 0.787. The summed E-state index contributed by atoms with van der Waals surface area (Å²) in [5, 5.41) is 8.92. The average Bonchev–Trinajstić information content (AvgIpc) is 2.73. The molecule has 0 aliphatic rings. The molecule has 1 aromatic heterocycles. The summed E-state index contributed by atoms with van der Waals surface area (Å²) in [5.74, 6) is -0.817. The second-order valence-corrected chi connectivity index (χ2v) is 4.73. The number of aromatic nitrogens is 2. The first-order valence-electron chi connectivity index (χ1n) is 6.02. The zero-order chi connectivity index (χ0) is 14.2. The normalized spacial score (nSPS) is 12.4. The maximum Gasteiger partial charge on any atom is 0.328 e. The molecule has 0 radical (unpaired) electrons. The lowest BCUT2D eigenvalue weighted by Crippen LogP contribution is -2.21. The summed E-state index contributed by atoms with van der Waals surface area (Å²) < 4.78 is 0. The summed E-state index contributed by atoms with van der Waals surface area (Å²) in [7, 11) is 0. The molecule has 0 saturated heterocycles. The van der Waals surface area contributed by atoms with Crippen molar-refractivity contribution in [2.45, 2.75) is 26.8 Å². The van der Waals surface area contributed by atoms with E-state index in [2.05, 4.69) is 9.97 Å². The molecule has 0 aliphatic heterocycles. The molecule has 2 rings (SSSR count). The van der Waals surface area contributed by atoms with Crippen LogP contribution in [0.4, 0.5) is 0 Å². The van der Waals surface area contributed by atoms with Crippen molar-refractivity contribution in [3.05, 3.63) is 40.8 Å². The number of aromatic amines is 1. The summed E-state index contributed by atoms with van der Waals surface area (Å²) in [5.41, 5.74) is 10.4. The van der Waals surface area contributed by atoms with Gasteiger partial charge in [0.15, 0.2) is 6.04 Å². The zero-order valence-electron chi connectivity index (χ0n) is 11.2. The van der Waals surface area contributed by atoms with Crippen molar-refractivity contribution in [2.24, 2.45) is 5.73 Å². The van der Waals surface area contributed by atoms with E-state index in [0.29, 0.717) is 0 Å². The van der Waals surface area contributed by atoms with Gasteiger partial charge in [0.25, 0.3) is 0 Å². The van der Waals surface area contributed by atoms with Crippen LogP contribution in [0.15, 0.2) is 18.2 Å². The number of benzene rings is 1. The summed E-state index contributed by atoms with van der Waals surface area (Å²) in [4.78, 5) is 18.2. The number of carboxylic acid groups (broad SMARTS) is 1. The van der Waals surface area contributed by atoms with E-state index in [1.165, 1.54) is 0 Å². The van der Waals surface area contributed by atoms with Crippen molar-refractivity contribution in [1.82, 2.24) is 9.97 Å². The van der Waals surface area contributed by atoms with Gasteiger partial charge in [-0.15, -0.1) is 0 Å². The van der Waals surface area contributed by atoms with Crippen LogP contribution in [0, 0.1) is 20.8 Å². The second kappa shape index (κ2) is 4.85. The predicted octanol–water partition coefficient (Wildman–Crippen LogP) is 2.09. The minimum absolute atomic E-state index is 0.279. The van der Waals surface area contributed by atoms with Crippen molar-refractivity contribution >= 4 is 5.97 Å². The van der Waals surface area contributed by atoms with Crippen LogP contribution in [-0.2, 0) is 4.79 Å². The third-order valence-electron chi connectivity index (χ3n) is 3.11. The minimum Gasteiger partial charge on any atom is -0.480 e. The van der Waals surface area contributed by atoms with E-state index in [9.17, 15) is 4.79 Å². The molecule has 4 N–H and O–H groups in total. The first kappa shape index (κ1) is 13.3. The van der Waals surface area contributed by atoms with Crippen molar-refractivity contribution in [2.75, 3.05) is 0 Å². The van der Waals surface area contributed by atoms with E-state index < -0.39 is 12.0 Å². The molecule has 0 aliphatic carbocycles. The van der Waals surface area contributed by atoms with Gasteiger partial charge < -0.3 is 15.8 Å². The molecule has 1 aromatic carbocycles. The van der Waals surface area contributed by atoms with Gasteiger partial charge in [-0.3, -0.25) is 4.79 Å². The summed E-state index contributed by atoms with van der Waals surface area (Å²) >= 11 is 0. The number of hydrogen-bond donors (Lipinski definition) is 3. The molecular formula is C14H17N3O2. The van der Waals surface area contributed by atoms with Gasteiger partial charge >= 0.3 is 5.97 Å². The van der Waals surface area contributed by atoms with Crippen LogP contribution >= 0.6 is 0 Å². The topological polar surface area (TPSA) is 92.0 Å². The Morgan fingerprint density at radius 2 is 2.05 bits per heavy atom. The van der Waals surface area contributed by atoms with E-state index in [-0.39, 0.29) is 5.82 Å². The molecule has 5 nitrogen and oxygen atoms in total. The number of aliphatic carboxylic acids is 1. The highest BCUT2D eigenvalue weighted by atomic mass is 16.4. The minimum atomic E-state index is -1.13. The van der Waals surface area contributed by atoms with Gasteiger partial charge in [0, 0.05) is 11.3 Å². The number of rotatable bonds is 3. The van der Waals surface area contributed by atoms with Crippen LogP contribution in [-0.4, -0.2) is 21.0 Å². The number of aryl methyl sites for hydroxylation is 3. The smallest absolute Gasteiger partial charge is 0.328 e. The van der Waals surface area contributed by atoms with E-state index in [1.807, 2.05) is 39.0 Å². The molecular weight excluding hydrogens is 242 g/mol. The van der Waals surface area contributed by atoms with Crippen LogP contribution in [0.1, 0.15) is 28.7 Å². The number of carboxylic acids is 1. The predicted molar refractivity (Wildman–Crippen MR) is 72.8 cm³/mol. The largest absolute Gasteiger partial charge is 0.480 e. The van der Waals surface area contributed by atoms with Crippen LogP contribution in [0.2, 0.25) is 0 Å². The average molecular weight is 259 g/mol. The van der Waals surface area contributed by atoms with Crippen LogP contribution in [0.5, 0.6) is 0 Å². The van der Waals surface area contributed by atoms with Crippen LogP contribution in [0.3, 0.4) is 0 Å². The van der Waals surface area contributed by atoms with Gasteiger partial charge in [-0.25, -0.2) is 4.98 Å². The molecule has 1 unspecified atom stereocenters. The maximum absolute atomic E-state index is 10.9. The Morgan fingerprint density at radius 1 is 1.37 bits per heavy atom. The fraction of sp³-hybridized carbons (Fsp3) is 0.286. The standard InChI is InChI=1S/C14H17N3O2/c1-7-4-5-8(2)10(6-7)12-9(3)16-13(17-12)11(15)14(18)19/h4-6,11H,15H2,1-3H3,(H,16,17)(H,18,19). The van der Waals surface area contributed by atoms with E-state index in [0.717, 1.165) is 28.1 Å². The maximum atomic E-state index is 10.9. The molecule has 0 bridgehead atoms. The number of H-pyrrole nitrogens is 1. The molecule has 5 heteroatoms. The van der Waals surface area contributed by atoms with E-state index in [1.54, 1.807) is 0 Å². The van der Waals surface area contributed by atoms with Gasteiger partial charge in [0.05, 0.1) is 5.69 Å². The third-order valence-corrected chi connectivity index (χ3v) is 3.11. The Bertz CT molecular complexity index is 632. The number of hydrogen-bond acceptors (Lipinski definition) is 3. The molecule has 1 atom stereocenters. The Hall–Kier alpha value is -2.14. The SMILES string of the molecule is Cc1ccc(C)c(-c2nc(C(N)C(=O)O)[nH]c2C)c1. The summed E-state index contributed by atoms with van der Waals surface area (Å²) in [6.45, 7) is 5.87. The van der Waals surface area contributed by atoms with Crippen molar-refractivity contribution < 1.29 is 9.90 Å². The van der Waals surface area contributed by atoms with Gasteiger partial charge in [-0.1, -0.05) is 17.7 Å². The number of nitrogens with two attached hydrogens (primary N) is 1. The fourth-order valence-corrected chi connectivity index (χ4v) is 2.00. The van der Waals surface area contributed by atoms with Gasteiger partial charge in [-0.2, -0.15) is 0 Å². The molecule has 0 fully saturated rings. The first-order chi connectivity index (χ1) is 8.90. The Labute approximate surface area is 111 Å². The van der Waals surface area contributed by atoms with Crippen molar-refractivity contribution in [3.8, 4) is 11.3 Å². The first-order valence-corrected chi connectivity index (χ1v) is 6.02. The monoisotopic (exact) mass is 259 g/mol. The van der Waals surface area contributed by atoms with Gasteiger partial charge in [0.2, 0.25) is 0 Å². The number of nitrogens with one attached hydrogen (secondary N) is 1. The second-order valence-electron chi connectivity index (χ2n) is 4.73. The molecule has 0 spiro atoms. The molecule has 100 valence electrons. The van der Waals surface area contributed by atoms with E-state index in [4.69, 9.17) is 10.8 Å². The lowest BCUT2D eigenvalue weighted by Gasteiger charge is -2.05. The van der Waals surface area contributed by atoms with Crippen molar-refractivity contribution in [3.63, 3.8) is 0 Å². The zero-order valence-corrected chi connectivity index (χ0v) is 11.2. The van der Waals surface area contributed by atoms with E-state index >= 15 is 0 Å². The highest BCUT2D eigenvalue weighted by molar-refractivity contribution is 5.75. The summed E-state index contributed by atoms with van der Waals surface area (Å²) in [6, 6.07) is 4.96. The van der Waals surface area contributed by atoms with Gasteiger partial charge in [0.1, 0.15) is 5.82 Å².